The van der Waals surface area contributed by atoms with E-state index in [4.69, 9.17) is 25.8 Å². The van der Waals surface area contributed by atoms with Gasteiger partial charge >= 0.3 is 5.97 Å². The number of aryl methyl sites for hydroxylation is 2. The maximum absolute atomic E-state index is 14.7. The van der Waals surface area contributed by atoms with E-state index >= 15 is 0 Å². The summed E-state index contributed by atoms with van der Waals surface area (Å²) in [6.07, 6.45) is 4.31. The summed E-state index contributed by atoms with van der Waals surface area (Å²) < 4.78 is 16.7. The number of nitrogens with one attached hydrogen (secondary N) is 1. The molecular formula is C41H48ClN3O6. The zero-order chi connectivity index (χ0) is 35.9. The van der Waals surface area contributed by atoms with E-state index in [1.165, 1.54) is 12.7 Å². The molecule has 2 amide bonds. The standard InChI is InChI=1S/C41H48ClN3O6/c1-27-22-35(42)37(23-28(27)2)51-21-20-50-33-16-12-30(13-17-33)34-24-31-25-44(38(46)10-7-11-39(47)49-3)26-36(43-31)40(34)41(48)45(32-14-15-32)19-18-29-8-5-4-6-9-29/h4-6,8-9,12-13,16-17,22-23,31-32,36,43H,7,10-11,14-15,18-21,24-26H2,1-3H3/t31-,36-/m1/s1. The van der Waals surface area contributed by atoms with Gasteiger partial charge in [-0.3, -0.25) is 14.4 Å². The monoisotopic (exact) mass is 713 g/mol. The first kappa shape index (κ1) is 36.5. The van der Waals surface area contributed by atoms with E-state index in [0.29, 0.717) is 62.2 Å². The zero-order valence-corrected chi connectivity index (χ0v) is 30.5. The highest BCUT2D eigenvalue weighted by Crippen LogP contribution is 2.37. The predicted octanol–water partition coefficient (Wildman–Crippen LogP) is 6.32. The maximum atomic E-state index is 14.7. The molecule has 1 N–H and O–H groups in total. The molecule has 2 fully saturated rings. The molecule has 0 radical (unpaired) electrons. The average Bonchev–Trinajstić information content (AvgIpc) is 3.98. The van der Waals surface area contributed by atoms with Crippen molar-refractivity contribution in [1.82, 2.24) is 15.1 Å². The molecule has 3 aliphatic rings. The number of carbonyl (C=O) groups is 3. The Kier molecular flexibility index (Phi) is 12.0. The normalized spacial score (nSPS) is 18.3. The molecule has 9 nitrogen and oxygen atoms in total. The van der Waals surface area contributed by atoms with Gasteiger partial charge in [0, 0.05) is 50.1 Å². The number of fused-ring (bicyclic) bond motifs is 2. The summed E-state index contributed by atoms with van der Waals surface area (Å²) in [5.74, 6) is 1.08. The number of nitrogens with zero attached hydrogens (tertiary/aromatic N) is 2. The Labute approximate surface area is 305 Å². The van der Waals surface area contributed by atoms with Crippen LogP contribution in [0.4, 0.5) is 0 Å². The van der Waals surface area contributed by atoms with Crippen LogP contribution in [0.5, 0.6) is 11.5 Å². The van der Waals surface area contributed by atoms with E-state index in [0.717, 1.165) is 47.1 Å². The number of halogens is 1. The van der Waals surface area contributed by atoms with Crippen LogP contribution in [0.2, 0.25) is 5.02 Å². The molecule has 3 aromatic rings. The Morgan fingerprint density at radius 2 is 1.65 bits per heavy atom. The molecule has 0 unspecified atom stereocenters. The van der Waals surface area contributed by atoms with Crippen molar-refractivity contribution < 1.29 is 28.6 Å². The molecule has 270 valence electrons. The minimum Gasteiger partial charge on any atom is -0.490 e. The topological polar surface area (TPSA) is 97.4 Å². The van der Waals surface area contributed by atoms with Gasteiger partial charge in [-0.2, -0.15) is 0 Å². The van der Waals surface area contributed by atoms with Gasteiger partial charge in [-0.05, 0) is 98.0 Å². The summed E-state index contributed by atoms with van der Waals surface area (Å²) in [5, 5.41) is 4.27. The summed E-state index contributed by atoms with van der Waals surface area (Å²) in [6.45, 7) is 6.33. The number of rotatable bonds is 15. The molecule has 1 saturated carbocycles. The fourth-order valence-electron chi connectivity index (χ4n) is 7.03. The summed E-state index contributed by atoms with van der Waals surface area (Å²) in [4.78, 5) is 43.6. The number of hydrogen-bond acceptors (Lipinski definition) is 7. The molecule has 10 heteroatoms. The number of amides is 2. The van der Waals surface area contributed by atoms with Gasteiger partial charge in [0.15, 0.2) is 0 Å². The Morgan fingerprint density at radius 3 is 2.37 bits per heavy atom. The van der Waals surface area contributed by atoms with Crippen molar-refractivity contribution in [2.45, 2.75) is 76.9 Å². The molecule has 2 heterocycles. The third kappa shape index (κ3) is 9.32. The summed E-state index contributed by atoms with van der Waals surface area (Å²) >= 11 is 6.37. The number of esters is 1. The van der Waals surface area contributed by atoms with Crippen LogP contribution >= 0.6 is 11.6 Å². The van der Waals surface area contributed by atoms with Crippen molar-refractivity contribution in [3.63, 3.8) is 0 Å². The number of hydrogen-bond donors (Lipinski definition) is 1. The van der Waals surface area contributed by atoms with Crippen LogP contribution in [0.15, 0.2) is 72.3 Å². The van der Waals surface area contributed by atoms with E-state index in [-0.39, 0.29) is 48.8 Å². The fraction of sp³-hybridized carbons (Fsp3) is 0.439. The molecule has 0 aromatic heterocycles. The highest BCUT2D eigenvalue weighted by atomic mass is 35.5. The Hall–Kier alpha value is -4.34. The van der Waals surface area contributed by atoms with Crippen molar-refractivity contribution >= 4 is 35.0 Å². The lowest BCUT2D eigenvalue weighted by Crippen LogP contribution is -2.62. The van der Waals surface area contributed by atoms with Crippen molar-refractivity contribution in [1.29, 1.82) is 0 Å². The number of ether oxygens (including phenoxy) is 3. The van der Waals surface area contributed by atoms with E-state index in [1.807, 2.05) is 73.3 Å². The molecule has 1 saturated heterocycles. The second kappa shape index (κ2) is 16.8. The lowest BCUT2D eigenvalue weighted by Gasteiger charge is -2.45. The van der Waals surface area contributed by atoms with Gasteiger partial charge in [-0.25, -0.2) is 0 Å². The van der Waals surface area contributed by atoms with Crippen molar-refractivity contribution in [3.8, 4) is 11.5 Å². The van der Waals surface area contributed by atoms with Gasteiger partial charge < -0.3 is 29.3 Å². The van der Waals surface area contributed by atoms with Gasteiger partial charge in [0.25, 0.3) is 5.91 Å². The molecule has 1 aliphatic carbocycles. The second-order valence-corrected chi connectivity index (χ2v) is 14.2. The molecule has 3 aromatic carbocycles. The highest BCUT2D eigenvalue weighted by molar-refractivity contribution is 6.32. The molecular weight excluding hydrogens is 666 g/mol. The van der Waals surface area contributed by atoms with Crippen LogP contribution in [0.3, 0.4) is 0 Å². The van der Waals surface area contributed by atoms with E-state index < -0.39 is 0 Å². The minimum absolute atomic E-state index is 0.000885. The van der Waals surface area contributed by atoms with E-state index in [2.05, 4.69) is 22.3 Å². The van der Waals surface area contributed by atoms with E-state index in [9.17, 15) is 14.4 Å². The first-order valence-corrected chi connectivity index (χ1v) is 18.4. The van der Waals surface area contributed by atoms with Crippen molar-refractivity contribution in [3.05, 3.63) is 99.6 Å². The van der Waals surface area contributed by atoms with Crippen LogP contribution in [-0.4, -0.2) is 85.7 Å². The number of carbonyl (C=O) groups excluding carboxylic acids is 3. The predicted molar refractivity (Wildman–Crippen MR) is 198 cm³/mol. The van der Waals surface area contributed by atoms with Crippen LogP contribution < -0.4 is 14.8 Å². The zero-order valence-electron chi connectivity index (χ0n) is 29.8. The van der Waals surface area contributed by atoms with Crippen LogP contribution in [0, 0.1) is 13.8 Å². The maximum Gasteiger partial charge on any atom is 0.305 e. The molecule has 2 atom stereocenters. The van der Waals surface area contributed by atoms with Gasteiger partial charge in [-0.1, -0.05) is 54.1 Å². The lowest BCUT2D eigenvalue weighted by molar-refractivity contribution is -0.141. The van der Waals surface area contributed by atoms with Gasteiger partial charge in [0.2, 0.25) is 5.91 Å². The Balaban J connectivity index is 1.19. The summed E-state index contributed by atoms with van der Waals surface area (Å²) in [6, 6.07) is 22.0. The molecule has 51 heavy (non-hydrogen) atoms. The SMILES string of the molecule is COC(=O)CCCC(=O)N1C[C@H]2CC(c3ccc(OCCOc4cc(C)c(C)cc4Cl)cc3)=C(C(=O)N(CCc3ccccc3)C3CC3)[C@@H](C1)N2. The largest absolute Gasteiger partial charge is 0.490 e. The quantitative estimate of drug-likeness (QED) is 0.146. The minimum atomic E-state index is -0.317. The second-order valence-electron chi connectivity index (χ2n) is 13.8. The first-order valence-electron chi connectivity index (χ1n) is 18.0. The first-order chi connectivity index (χ1) is 24.7. The lowest BCUT2D eigenvalue weighted by atomic mass is 9.82. The van der Waals surface area contributed by atoms with Gasteiger partial charge in [-0.15, -0.1) is 0 Å². The Bertz CT molecular complexity index is 1740. The van der Waals surface area contributed by atoms with Crippen LogP contribution in [-0.2, 0) is 25.5 Å². The number of methoxy groups -OCH3 is 1. The van der Waals surface area contributed by atoms with Crippen molar-refractivity contribution in [2.75, 3.05) is 40.0 Å². The molecule has 2 aliphatic heterocycles. The fourth-order valence-corrected chi connectivity index (χ4v) is 7.30. The third-order valence-electron chi connectivity index (χ3n) is 10.1. The molecule has 0 spiro atoms. The van der Waals surface area contributed by atoms with Gasteiger partial charge in [0.05, 0.1) is 18.2 Å². The third-order valence-corrected chi connectivity index (χ3v) is 10.4. The molecule has 2 bridgehead atoms. The summed E-state index contributed by atoms with van der Waals surface area (Å²) in [5.41, 5.74) is 6.18. The number of piperazine rings is 1. The van der Waals surface area contributed by atoms with Gasteiger partial charge in [0.1, 0.15) is 24.7 Å². The van der Waals surface area contributed by atoms with Crippen LogP contribution in [0.1, 0.15) is 60.8 Å². The molecule has 6 rings (SSSR count). The highest BCUT2D eigenvalue weighted by Gasteiger charge is 2.43. The smallest absolute Gasteiger partial charge is 0.305 e. The van der Waals surface area contributed by atoms with Crippen LogP contribution in [0.25, 0.3) is 5.57 Å². The average molecular weight is 714 g/mol. The Morgan fingerprint density at radius 1 is 0.922 bits per heavy atom. The van der Waals surface area contributed by atoms with Crippen molar-refractivity contribution in [2.24, 2.45) is 0 Å². The number of benzene rings is 3. The summed E-state index contributed by atoms with van der Waals surface area (Å²) in [7, 11) is 1.36. The van der Waals surface area contributed by atoms with E-state index in [1.54, 1.807) is 0 Å².